The number of hydrogen-bond donors (Lipinski definition) is 0. The number of anilines is 3. The van der Waals surface area contributed by atoms with Gasteiger partial charge in [-0.25, -0.2) is 0 Å². The molecule has 0 aliphatic rings. The number of hydrogen-bond acceptors (Lipinski definition) is 1. The van der Waals surface area contributed by atoms with Gasteiger partial charge in [0.25, 0.3) is 0 Å². The van der Waals surface area contributed by atoms with Gasteiger partial charge >= 0.3 is 0 Å². The SMILES string of the molecule is c1ccc(-c2ccc3c4c5ccc6ccc(-c7ccc(N(c8ccccc8)c8ccccc8)cc7)c7ccc(cc4n(-c4ccccc4)c3c2)c5c67)cc1. The zero-order valence-corrected chi connectivity index (χ0v) is 29.5. The quantitative estimate of drug-likeness (QED) is 0.158. The van der Waals surface area contributed by atoms with Gasteiger partial charge in [-0.2, -0.15) is 0 Å². The lowest BCUT2D eigenvalue weighted by Gasteiger charge is -2.25. The largest absolute Gasteiger partial charge is 0.311 e. The van der Waals surface area contributed by atoms with Crippen LogP contribution < -0.4 is 4.90 Å². The molecule has 54 heavy (non-hydrogen) atoms. The summed E-state index contributed by atoms with van der Waals surface area (Å²) >= 11 is 0. The number of rotatable bonds is 6. The monoisotopic (exact) mass is 686 g/mol. The van der Waals surface area contributed by atoms with E-state index in [0.717, 1.165) is 17.1 Å². The minimum absolute atomic E-state index is 1.13. The van der Waals surface area contributed by atoms with E-state index in [1.54, 1.807) is 0 Å². The highest BCUT2D eigenvalue weighted by Crippen LogP contribution is 2.46. The van der Waals surface area contributed by atoms with Crippen molar-refractivity contribution in [3.63, 3.8) is 0 Å². The highest BCUT2D eigenvalue weighted by atomic mass is 15.1. The molecule has 0 unspecified atom stereocenters. The van der Waals surface area contributed by atoms with Crippen LogP contribution >= 0.6 is 0 Å². The smallest absolute Gasteiger partial charge is 0.0553 e. The van der Waals surface area contributed by atoms with E-state index in [1.807, 2.05) is 0 Å². The second kappa shape index (κ2) is 12.2. The molecular formula is C52H34N2. The number of benzene rings is 10. The Labute approximate surface area is 313 Å². The van der Waals surface area contributed by atoms with E-state index in [9.17, 15) is 0 Å². The van der Waals surface area contributed by atoms with Crippen LogP contribution in [0.3, 0.4) is 0 Å². The molecule has 0 radical (unpaired) electrons. The van der Waals surface area contributed by atoms with E-state index >= 15 is 0 Å². The van der Waals surface area contributed by atoms with Crippen molar-refractivity contribution in [3.8, 4) is 27.9 Å². The molecule has 0 saturated heterocycles. The lowest BCUT2D eigenvalue weighted by Crippen LogP contribution is -2.09. The van der Waals surface area contributed by atoms with Crippen molar-refractivity contribution in [1.29, 1.82) is 0 Å². The first-order valence-corrected chi connectivity index (χ1v) is 18.6. The van der Waals surface area contributed by atoms with Gasteiger partial charge in [-0.15, -0.1) is 0 Å². The Balaban J connectivity index is 1.11. The van der Waals surface area contributed by atoms with Crippen molar-refractivity contribution in [2.24, 2.45) is 0 Å². The van der Waals surface area contributed by atoms with Gasteiger partial charge < -0.3 is 9.47 Å². The molecule has 2 nitrogen and oxygen atoms in total. The van der Waals surface area contributed by atoms with Crippen LogP contribution in [0.5, 0.6) is 0 Å². The molecule has 0 aliphatic carbocycles. The summed E-state index contributed by atoms with van der Waals surface area (Å²) in [6, 6.07) is 75.0. The fourth-order valence-corrected chi connectivity index (χ4v) is 8.69. The second-order valence-corrected chi connectivity index (χ2v) is 14.1. The van der Waals surface area contributed by atoms with Crippen molar-refractivity contribution < 1.29 is 0 Å². The minimum Gasteiger partial charge on any atom is -0.311 e. The van der Waals surface area contributed by atoms with Gasteiger partial charge in [-0.1, -0.05) is 146 Å². The Morgan fingerprint density at radius 1 is 0.315 bits per heavy atom. The molecule has 1 aromatic heterocycles. The summed E-state index contributed by atoms with van der Waals surface area (Å²) < 4.78 is 2.45. The first-order chi connectivity index (χ1) is 26.8. The van der Waals surface area contributed by atoms with E-state index in [1.165, 1.54) is 82.1 Å². The van der Waals surface area contributed by atoms with Crippen molar-refractivity contribution >= 4 is 71.2 Å². The molecule has 11 aromatic rings. The normalized spacial score (nSPS) is 11.7. The Hall–Kier alpha value is -7.16. The zero-order chi connectivity index (χ0) is 35.6. The molecule has 0 aliphatic heterocycles. The van der Waals surface area contributed by atoms with Crippen molar-refractivity contribution in [2.45, 2.75) is 0 Å². The van der Waals surface area contributed by atoms with Crippen molar-refractivity contribution in [2.75, 3.05) is 4.90 Å². The first-order valence-electron chi connectivity index (χ1n) is 18.6. The van der Waals surface area contributed by atoms with Crippen molar-refractivity contribution in [1.82, 2.24) is 4.57 Å². The molecular weight excluding hydrogens is 653 g/mol. The third kappa shape index (κ3) is 4.74. The Morgan fingerprint density at radius 2 is 0.852 bits per heavy atom. The van der Waals surface area contributed by atoms with E-state index in [-0.39, 0.29) is 0 Å². The first kappa shape index (κ1) is 30.5. The lowest BCUT2D eigenvalue weighted by molar-refractivity contribution is 1.18. The van der Waals surface area contributed by atoms with E-state index in [4.69, 9.17) is 0 Å². The van der Waals surface area contributed by atoms with E-state index in [2.05, 4.69) is 216 Å². The summed E-state index contributed by atoms with van der Waals surface area (Å²) in [7, 11) is 0. The van der Waals surface area contributed by atoms with Crippen molar-refractivity contribution in [3.05, 3.63) is 206 Å². The van der Waals surface area contributed by atoms with Gasteiger partial charge in [0, 0.05) is 33.5 Å². The fraction of sp³-hybridized carbons (Fsp3) is 0. The van der Waals surface area contributed by atoms with E-state index in [0.29, 0.717) is 0 Å². The average molecular weight is 687 g/mol. The zero-order valence-electron chi connectivity index (χ0n) is 29.5. The van der Waals surface area contributed by atoms with E-state index < -0.39 is 0 Å². The second-order valence-electron chi connectivity index (χ2n) is 14.1. The molecule has 0 atom stereocenters. The Kier molecular flexibility index (Phi) is 6.90. The summed E-state index contributed by atoms with van der Waals surface area (Å²) in [6.07, 6.45) is 0. The third-order valence-corrected chi connectivity index (χ3v) is 11.1. The number of fused-ring (bicyclic) bond motifs is 4. The molecule has 0 bridgehead atoms. The molecule has 0 N–H and O–H groups in total. The maximum Gasteiger partial charge on any atom is 0.0553 e. The molecule has 0 fully saturated rings. The molecule has 0 saturated carbocycles. The standard InChI is InChI=1S/C52H34N2/c1-5-13-35(14-6-1)38-25-31-46-48(33-38)54(42-19-11-4-12-20-42)49-34-39-26-30-45-44(29-23-37-24-32-47(52(46)49)51(39)50(37)45)36-21-27-43(28-22-36)53(40-15-7-2-8-16-40)41-17-9-3-10-18-41/h1-34H. The molecule has 10 aromatic carbocycles. The van der Waals surface area contributed by atoms with Crippen LogP contribution in [0.25, 0.3) is 82.1 Å². The minimum atomic E-state index is 1.13. The summed E-state index contributed by atoms with van der Waals surface area (Å²) in [5.41, 5.74) is 11.9. The predicted octanol–water partition coefficient (Wildman–Crippen LogP) is 14.5. The Bertz CT molecular complexity index is 3070. The van der Waals surface area contributed by atoms with Gasteiger partial charge in [0.1, 0.15) is 0 Å². The van der Waals surface area contributed by atoms with Gasteiger partial charge in [0.15, 0.2) is 0 Å². The summed E-state index contributed by atoms with van der Waals surface area (Å²) in [5.74, 6) is 0. The molecule has 1 heterocycles. The summed E-state index contributed by atoms with van der Waals surface area (Å²) in [6.45, 7) is 0. The van der Waals surface area contributed by atoms with Gasteiger partial charge in [-0.05, 0) is 115 Å². The highest BCUT2D eigenvalue weighted by molar-refractivity contribution is 6.34. The number of aromatic nitrogens is 1. The molecule has 11 rings (SSSR count). The molecule has 0 spiro atoms. The summed E-state index contributed by atoms with van der Waals surface area (Å²) in [5, 5.41) is 10.3. The average Bonchev–Trinajstić information content (AvgIpc) is 3.58. The van der Waals surface area contributed by atoms with Crippen LogP contribution in [0.15, 0.2) is 206 Å². The fourth-order valence-electron chi connectivity index (χ4n) is 8.69. The summed E-state index contributed by atoms with van der Waals surface area (Å²) in [4.78, 5) is 2.31. The van der Waals surface area contributed by atoms with Crippen LogP contribution in [0.1, 0.15) is 0 Å². The highest BCUT2D eigenvalue weighted by Gasteiger charge is 2.20. The Morgan fingerprint density at radius 3 is 1.56 bits per heavy atom. The molecule has 252 valence electrons. The molecule has 0 amide bonds. The van der Waals surface area contributed by atoms with Crippen LogP contribution in [-0.4, -0.2) is 4.57 Å². The number of nitrogens with zero attached hydrogens (tertiary/aromatic N) is 2. The predicted molar refractivity (Wildman–Crippen MR) is 230 cm³/mol. The van der Waals surface area contributed by atoms with Crippen LogP contribution in [0.4, 0.5) is 17.1 Å². The maximum absolute atomic E-state index is 2.45. The lowest BCUT2D eigenvalue weighted by atomic mass is 9.88. The maximum atomic E-state index is 2.45. The number of para-hydroxylation sites is 3. The molecule has 2 heteroatoms. The van der Waals surface area contributed by atoms with Gasteiger partial charge in [-0.3, -0.25) is 0 Å². The van der Waals surface area contributed by atoms with Crippen LogP contribution in [-0.2, 0) is 0 Å². The van der Waals surface area contributed by atoms with Gasteiger partial charge in [0.2, 0.25) is 0 Å². The third-order valence-electron chi connectivity index (χ3n) is 11.1. The van der Waals surface area contributed by atoms with Crippen LogP contribution in [0, 0.1) is 0 Å². The topological polar surface area (TPSA) is 8.17 Å². The van der Waals surface area contributed by atoms with Crippen LogP contribution in [0.2, 0.25) is 0 Å². The van der Waals surface area contributed by atoms with Gasteiger partial charge in [0.05, 0.1) is 11.0 Å².